The fraction of sp³-hybridized carbons (Fsp3) is 0.290. The second kappa shape index (κ2) is 12.4. The number of aliphatic hydroxyl groups is 1. The maximum Gasteiger partial charge on any atom is 0.295 e. The van der Waals surface area contributed by atoms with Crippen LogP contribution in [0.25, 0.3) is 5.76 Å². The van der Waals surface area contributed by atoms with Crippen LogP contribution in [0.3, 0.4) is 0 Å². The van der Waals surface area contributed by atoms with Crippen LogP contribution in [0.15, 0.2) is 78.4 Å². The van der Waals surface area contributed by atoms with E-state index in [2.05, 4.69) is 6.07 Å². The third-order valence-corrected chi connectivity index (χ3v) is 6.41. The third kappa shape index (κ3) is 6.06. The first-order valence-electron chi connectivity index (χ1n) is 12.7. The van der Waals surface area contributed by atoms with Crippen molar-refractivity contribution in [2.45, 2.75) is 32.9 Å². The first kappa shape index (κ1) is 26.9. The van der Waals surface area contributed by atoms with Crippen LogP contribution in [0, 0.1) is 6.92 Å². The summed E-state index contributed by atoms with van der Waals surface area (Å²) in [4.78, 5) is 27.7. The number of benzene rings is 3. The Bertz CT molecular complexity index is 1300. The molecular weight excluding hydrogens is 482 g/mol. The molecule has 0 bridgehead atoms. The highest BCUT2D eigenvalue weighted by Gasteiger charge is 2.45. The molecule has 0 aromatic heterocycles. The first-order chi connectivity index (χ1) is 18.4. The SMILES string of the molecule is CCOc1ccc([C@H]2/C(=C(\O)c3ccc(OCc4cccc(C)c4)cc3)C(=O)C(=O)N2CCCOC)cc1. The molecule has 0 unspecified atom stereocenters. The van der Waals surface area contributed by atoms with Gasteiger partial charge in [-0.3, -0.25) is 9.59 Å². The number of ether oxygens (including phenoxy) is 3. The van der Waals surface area contributed by atoms with Gasteiger partial charge in [0.2, 0.25) is 0 Å². The molecule has 0 spiro atoms. The molecular formula is C31H33NO6. The maximum atomic E-state index is 13.2. The molecule has 198 valence electrons. The molecule has 1 atom stereocenters. The Kier molecular flexibility index (Phi) is 8.81. The Hall–Kier alpha value is -4.10. The highest BCUT2D eigenvalue weighted by Crippen LogP contribution is 2.40. The molecule has 1 amide bonds. The van der Waals surface area contributed by atoms with Crippen molar-refractivity contribution in [1.29, 1.82) is 0 Å². The molecule has 0 aliphatic carbocycles. The van der Waals surface area contributed by atoms with Gasteiger partial charge in [0, 0.05) is 25.8 Å². The van der Waals surface area contributed by atoms with Gasteiger partial charge in [-0.2, -0.15) is 0 Å². The van der Waals surface area contributed by atoms with E-state index in [1.807, 2.05) is 44.2 Å². The third-order valence-electron chi connectivity index (χ3n) is 6.41. The standard InChI is InChI=1S/C31H33NO6/c1-4-37-25-13-9-23(10-14-25)28-27(30(34)31(35)32(28)17-6-18-36-3)29(33)24-11-15-26(16-12-24)38-20-22-8-5-7-21(2)19-22/h5,7-16,19,28,33H,4,6,17-18,20H2,1-3H3/b29-27+/t28-/m0/s1. The molecule has 1 aliphatic heterocycles. The van der Waals surface area contributed by atoms with E-state index in [1.54, 1.807) is 43.5 Å². The van der Waals surface area contributed by atoms with Crippen LogP contribution in [0.2, 0.25) is 0 Å². The Morgan fingerprint density at radius 3 is 2.29 bits per heavy atom. The lowest BCUT2D eigenvalue weighted by molar-refractivity contribution is -0.140. The number of methoxy groups -OCH3 is 1. The van der Waals surface area contributed by atoms with Gasteiger partial charge in [0.25, 0.3) is 11.7 Å². The lowest BCUT2D eigenvalue weighted by Gasteiger charge is -2.25. The number of Topliss-reactive ketones (excluding diaryl/α,β-unsaturated/α-hetero) is 1. The van der Waals surface area contributed by atoms with Crippen molar-refractivity contribution < 1.29 is 28.9 Å². The largest absolute Gasteiger partial charge is 0.507 e. The number of ketones is 1. The monoisotopic (exact) mass is 515 g/mol. The van der Waals surface area contributed by atoms with Crippen LogP contribution < -0.4 is 9.47 Å². The number of carbonyl (C=O) groups excluding carboxylic acids is 2. The molecule has 3 aromatic carbocycles. The lowest BCUT2D eigenvalue weighted by Crippen LogP contribution is -2.31. The van der Waals surface area contributed by atoms with Gasteiger partial charge in [0.15, 0.2) is 0 Å². The molecule has 7 heteroatoms. The van der Waals surface area contributed by atoms with Gasteiger partial charge in [-0.15, -0.1) is 0 Å². The molecule has 0 radical (unpaired) electrons. The number of likely N-dealkylation sites (tertiary alicyclic amines) is 1. The van der Waals surface area contributed by atoms with E-state index >= 15 is 0 Å². The number of hydrogen-bond acceptors (Lipinski definition) is 6. The smallest absolute Gasteiger partial charge is 0.295 e. The number of nitrogens with zero attached hydrogens (tertiary/aromatic N) is 1. The van der Waals surface area contributed by atoms with Crippen molar-refractivity contribution in [2.24, 2.45) is 0 Å². The van der Waals surface area contributed by atoms with Crippen molar-refractivity contribution in [3.63, 3.8) is 0 Å². The second-order valence-electron chi connectivity index (χ2n) is 9.14. The van der Waals surface area contributed by atoms with Crippen LogP contribution in [0.4, 0.5) is 0 Å². The predicted molar refractivity (Wildman–Crippen MR) is 145 cm³/mol. The second-order valence-corrected chi connectivity index (χ2v) is 9.14. The first-order valence-corrected chi connectivity index (χ1v) is 12.7. The Balaban J connectivity index is 1.63. The van der Waals surface area contributed by atoms with Gasteiger partial charge in [-0.05, 0) is 67.8 Å². The number of amides is 1. The molecule has 7 nitrogen and oxygen atoms in total. The summed E-state index contributed by atoms with van der Waals surface area (Å²) < 4.78 is 16.6. The van der Waals surface area contributed by atoms with E-state index in [4.69, 9.17) is 14.2 Å². The number of aryl methyl sites for hydroxylation is 1. The molecule has 3 aromatic rings. The zero-order chi connectivity index (χ0) is 27.1. The van der Waals surface area contributed by atoms with Crippen LogP contribution >= 0.6 is 0 Å². The number of rotatable bonds is 11. The fourth-order valence-corrected chi connectivity index (χ4v) is 4.58. The minimum absolute atomic E-state index is 0.0602. The van der Waals surface area contributed by atoms with E-state index in [0.717, 1.165) is 11.1 Å². The van der Waals surface area contributed by atoms with Gasteiger partial charge in [0.05, 0.1) is 18.2 Å². The average Bonchev–Trinajstić information content (AvgIpc) is 3.18. The van der Waals surface area contributed by atoms with Crippen LogP contribution in [-0.2, 0) is 20.9 Å². The zero-order valence-corrected chi connectivity index (χ0v) is 22.0. The maximum absolute atomic E-state index is 13.2. The van der Waals surface area contributed by atoms with Gasteiger partial charge in [-0.1, -0.05) is 42.0 Å². The van der Waals surface area contributed by atoms with E-state index in [-0.39, 0.29) is 11.3 Å². The van der Waals surface area contributed by atoms with Crippen molar-refractivity contribution in [1.82, 2.24) is 4.90 Å². The topological polar surface area (TPSA) is 85.3 Å². The van der Waals surface area contributed by atoms with Gasteiger partial charge >= 0.3 is 0 Å². The Morgan fingerprint density at radius 2 is 1.63 bits per heavy atom. The summed E-state index contributed by atoms with van der Waals surface area (Å²) in [6.45, 7) is 5.64. The zero-order valence-electron chi connectivity index (χ0n) is 22.0. The summed E-state index contributed by atoms with van der Waals surface area (Å²) in [7, 11) is 1.59. The van der Waals surface area contributed by atoms with Crippen molar-refractivity contribution in [2.75, 3.05) is 26.9 Å². The fourth-order valence-electron chi connectivity index (χ4n) is 4.58. The van der Waals surface area contributed by atoms with Crippen molar-refractivity contribution in [3.05, 3.63) is 101 Å². The summed E-state index contributed by atoms with van der Waals surface area (Å²) in [5.41, 5.74) is 3.42. The normalized spacial score (nSPS) is 16.6. The van der Waals surface area contributed by atoms with Crippen LogP contribution in [-0.4, -0.2) is 48.6 Å². The minimum atomic E-state index is -0.722. The summed E-state index contributed by atoms with van der Waals surface area (Å²) in [5, 5.41) is 11.3. The van der Waals surface area contributed by atoms with Crippen molar-refractivity contribution >= 4 is 17.4 Å². The van der Waals surface area contributed by atoms with E-state index in [9.17, 15) is 14.7 Å². The number of carbonyl (C=O) groups is 2. The molecule has 1 heterocycles. The predicted octanol–water partition coefficient (Wildman–Crippen LogP) is 5.43. The van der Waals surface area contributed by atoms with E-state index in [0.29, 0.717) is 55.4 Å². The molecule has 38 heavy (non-hydrogen) atoms. The summed E-state index contributed by atoms with van der Waals surface area (Å²) in [6, 6.07) is 21.5. The molecule has 1 N–H and O–H groups in total. The number of hydrogen-bond donors (Lipinski definition) is 1. The summed E-state index contributed by atoms with van der Waals surface area (Å²) in [5.74, 6) is -0.250. The quantitative estimate of drug-likeness (QED) is 0.159. The Labute approximate surface area is 223 Å². The summed E-state index contributed by atoms with van der Waals surface area (Å²) in [6.07, 6.45) is 0.560. The molecule has 1 saturated heterocycles. The lowest BCUT2D eigenvalue weighted by atomic mass is 9.95. The van der Waals surface area contributed by atoms with E-state index < -0.39 is 17.7 Å². The highest BCUT2D eigenvalue weighted by atomic mass is 16.5. The minimum Gasteiger partial charge on any atom is -0.507 e. The van der Waals surface area contributed by atoms with E-state index in [1.165, 1.54) is 4.90 Å². The average molecular weight is 516 g/mol. The highest BCUT2D eigenvalue weighted by molar-refractivity contribution is 6.46. The number of aliphatic hydroxyl groups excluding tert-OH is 1. The van der Waals surface area contributed by atoms with Gasteiger partial charge in [-0.25, -0.2) is 0 Å². The summed E-state index contributed by atoms with van der Waals surface area (Å²) >= 11 is 0. The molecule has 0 saturated carbocycles. The molecule has 1 fully saturated rings. The molecule has 4 rings (SSSR count). The van der Waals surface area contributed by atoms with Crippen LogP contribution in [0.5, 0.6) is 11.5 Å². The van der Waals surface area contributed by atoms with Gasteiger partial charge < -0.3 is 24.2 Å². The van der Waals surface area contributed by atoms with Crippen LogP contribution in [0.1, 0.15) is 41.6 Å². The van der Waals surface area contributed by atoms with Gasteiger partial charge in [0.1, 0.15) is 23.9 Å². The van der Waals surface area contributed by atoms with Crippen molar-refractivity contribution in [3.8, 4) is 11.5 Å². The molecule has 1 aliphatic rings. The Morgan fingerprint density at radius 1 is 0.947 bits per heavy atom.